The van der Waals surface area contributed by atoms with Gasteiger partial charge in [0.2, 0.25) is 16.9 Å². The fourth-order valence-electron chi connectivity index (χ4n) is 0.732. The third kappa shape index (κ3) is 6.92. The van der Waals surface area contributed by atoms with E-state index in [1.807, 2.05) is 0 Å². The molecule has 0 aliphatic heterocycles. The molecule has 0 rings (SSSR count). The van der Waals surface area contributed by atoms with Crippen molar-refractivity contribution >= 4 is 28.7 Å². The highest BCUT2D eigenvalue weighted by atomic mass is 32.2. The Bertz CT molecular complexity index is 258. The summed E-state index contributed by atoms with van der Waals surface area (Å²) in [6.45, 7) is 1.30. The van der Waals surface area contributed by atoms with Crippen molar-refractivity contribution < 1.29 is 14.4 Å². The molecule has 6 nitrogen and oxygen atoms in total. The molecule has 0 saturated carbocycles. The number of likely N-dealkylation sites (N-methyl/N-ethyl adjacent to an activating group) is 1. The Hall–Kier alpha value is -1.08. The first-order chi connectivity index (χ1) is 6.97. The Kier molecular flexibility index (Phi) is 6.72. The monoisotopic (exact) mass is 233 g/mol. The molecule has 0 unspecified atom stereocenters. The number of amides is 2. The summed E-state index contributed by atoms with van der Waals surface area (Å²) in [5, 5.41) is 4.86. The Morgan fingerprint density at radius 2 is 2.00 bits per heavy atom. The van der Waals surface area contributed by atoms with Crippen molar-refractivity contribution in [3.05, 3.63) is 0 Å². The summed E-state index contributed by atoms with van der Waals surface area (Å²) in [5.74, 6) is -0.495. The molecule has 0 heterocycles. The minimum Gasteiger partial charge on any atom is -0.368 e. The van der Waals surface area contributed by atoms with Crippen LogP contribution in [-0.2, 0) is 14.4 Å². The first kappa shape index (κ1) is 13.9. The van der Waals surface area contributed by atoms with Crippen molar-refractivity contribution in [1.82, 2.24) is 10.6 Å². The van der Waals surface area contributed by atoms with Crippen LogP contribution >= 0.6 is 11.8 Å². The maximum absolute atomic E-state index is 11.2. The highest BCUT2D eigenvalue weighted by Gasteiger charge is 2.14. The SMILES string of the molecule is CN[C@@H](CSC(=O)CNC(C)=O)C(N)=O. The lowest BCUT2D eigenvalue weighted by atomic mass is 10.3. The van der Waals surface area contributed by atoms with Crippen LogP contribution in [-0.4, -0.2) is 42.3 Å². The molecule has 15 heavy (non-hydrogen) atoms. The Balaban J connectivity index is 3.78. The van der Waals surface area contributed by atoms with Gasteiger partial charge in [0, 0.05) is 12.7 Å². The summed E-state index contributed by atoms with van der Waals surface area (Å²) >= 11 is 0.962. The zero-order valence-electron chi connectivity index (χ0n) is 8.70. The molecule has 2 amide bonds. The summed E-state index contributed by atoms with van der Waals surface area (Å²) in [7, 11) is 1.59. The van der Waals surface area contributed by atoms with E-state index in [1.54, 1.807) is 7.05 Å². The highest BCUT2D eigenvalue weighted by molar-refractivity contribution is 8.13. The molecule has 0 radical (unpaired) electrons. The molecule has 1 atom stereocenters. The molecule has 0 aromatic rings. The fraction of sp³-hybridized carbons (Fsp3) is 0.625. The number of nitrogens with two attached hydrogens (primary N) is 1. The number of primary amides is 1. The Morgan fingerprint density at radius 3 is 2.40 bits per heavy atom. The van der Waals surface area contributed by atoms with E-state index in [2.05, 4.69) is 10.6 Å². The van der Waals surface area contributed by atoms with Gasteiger partial charge in [-0.3, -0.25) is 14.4 Å². The van der Waals surface area contributed by atoms with Crippen molar-refractivity contribution in [3.8, 4) is 0 Å². The summed E-state index contributed by atoms with van der Waals surface area (Å²) in [6.07, 6.45) is 0. The number of thioether (sulfide) groups is 1. The van der Waals surface area contributed by atoms with Gasteiger partial charge in [-0.05, 0) is 7.05 Å². The minimum atomic E-state index is -0.531. The maximum Gasteiger partial charge on any atom is 0.235 e. The van der Waals surface area contributed by atoms with Crippen molar-refractivity contribution in [3.63, 3.8) is 0 Å². The van der Waals surface area contributed by atoms with E-state index in [4.69, 9.17) is 5.73 Å². The third-order valence-electron chi connectivity index (χ3n) is 1.58. The summed E-state index contributed by atoms with van der Waals surface area (Å²) in [4.78, 5) is 32.4. The second kappa shape index (κ2) is 7.24. The van der Waals surface area contributed by atoms with Crippen LogP contribution in [0.3, 0.4) is 0 Å². The van der Waals surface area contributed by atoms with Crippen molar-refractivity contribution in [1.29, 1.82) is 0 Å². The maximum atomic E-state index is 11.2. The minimum absolute atomic E-state index is 0.0325. The Morgan fingerprint density at radius 1 is 1.40 bits per heavy atom. The largest absolute Gasteiger partial charge is 0.368 e. The highest BCUT2D eigenvalue weighted by Crippen LogP contribution is 2.03. The van der Waals surface area contributed by atoms with Gasteiger partial charge in [0.25, 0.3) is 0 Å². The second-order valence-electron chi connectivity index (χ2n) is 2.84. The lowest BCUT2D eigenvalue weighted by molar-refractivity contribution is -0.121. The molecule has 0 aromatic heterocycles. The zero-order chi connectivity index (χ0) is 11.8. The number of carbonyl (C=O) groups is 3. The van der Waals surface area contributed by atoms with Gasteiger partial charge in [-0.15, -0.1) is 0 Å². The number of hydrogen-bond donors (Lipinski definition) is 3. The van der Waals surface area contributed by atoms with Crippen molar-refractivity contribution in [2.24, 2.45) is 5.73 Å². The zero-order valence-corrected chi connectivity index (χ0v) is 9.52. The van der Waals surface area contributed by atoms with Gasteiger partial charge in [-0.2, -0.15) is 0 Å². The predicted octanol–water partition coefficient (Wildman–Crippen LogP) is -1.54. The first-order valence-corrected chi connectivity index (χ1v) is 5.32. The average Bonchev–Trinajstić information content (AvgIpc) is 2.15. The molecule has 7 heteroatoms. The van der Waals surface area contributed by atoms with E-state index in [0.717, 1.165) is 11.8 Å². The molecule has 0 aromatic carbocycles. The van der Waals surface area contributed by atoms with Crippen LogP contribution in [0, 0.1) is 0 Å². The van der Waals surface area contributed by atoms with E-state index in [9.17, 15) is 14.4 Å². The summed E-state index contributed by atoms with van der Waals surface area (Å²) in [6, 6.07) is -0.531. The molecule has 86 valence electrons. The van der Waals surface area contributed by atoms with E-state index < -0.39 is 11.9 Å². The van der Waals surface area contributed by atoms with Crippen LogP contribution in [0.1, 0.15) is 6.92 Å². The molecular formula is C8H15N3O3S. The van der Waals surface area contributed by atoms with Crippen molar-refractivity contribution in [2.75, 3.05) is 19.3 Å². The van der Waals surface area contributed by atoms with E-state index >= 15 is 0 Å². The molecule has 0 spiro atoms. The standard InChI is InChI=1S/C8H15N3O3S/c1-5(12)11-3-7(13)15-4-6(10-2)8(9)14/h6,10H,3-4H2,1-2H3,(H2,9,14)(H,11,12)/t6-/m0/s1. The fourth-order valence-corrected chi connectivity index (χ4v) is 1.59. The van der Waals surface area contributed by atoms with E-state index in [-0.39, 0.29) is 23.3 Å². The van der Waals surface area contributed by atoms with E-state index in [1.165, 1.54) is 6.92 Å². The summed E-state index contributed by atoms with van der Waals surface area (Å²) < 4.78 is 0. The molecular weight excluding hydrogens is 218 g/mol. The molecule has 0 saturated heterocycles. The van der Waals surface area contributed by atoms with E-state index in [0.29, 0.717) is 0 Å². The molecule has 0 aliphatic rings. The number of carbonyl (C=O) groups excluding carboxylic acids is 3. The second-order valence-corrected chi connectivity index (χ2v) is 3.91. The molecule has 0 fully saturated rings. The van der Waals surface area contributed by atoms with Crippen molar-refractivity contribution in [2.45, 2.75) is 13.0 Å². The molecule has 0 aliphatic carbocycles. The summed E-state index contributed by atoms with van der Waals surface area (Å²) in [5.41, 5.74) is 5.06. The quantitative estimate of drug-likeness (QED) is 0.516. The third-order valence-corrected chi connectivity index (χ3v) is 2.55. The normalized spacial score (nSPS) is 11.9. The number of hydrogen-bond acceptors (Lipinski definition) is 5. The van der Waals surface area contributed by atoms with Gasteiger partial charge in [-0.25, -0.2) is 0 Å². The van der Waals surface area contributed by atoms with Crippen LogP contribution in [0.2, 0.25) is 0 Å². The smallest absolute Gasteiger partial charge is 0.235 e. The lowest BCUT2D eigenvalue weighted by Gasteiger charge is -2.10. The van der Waals surface area contributed by atoms with Crippen LogP contribution in [0.15, 0.2) is 0 Å². The van der Waals surface area contributed by atoms with Gasteiger partial charge in [0.15, 0.2) is 0 Å². The van der Waals surface area contributed by atoms with Crippen LogP contribution in [0.25, 0.3) is 0 Å². The van der Waals surface area contributed by atoms with Crippen LogP contribution < -0.4 is 16.4 Å². The van der Waals surface area contributed by atoms with Gasteiger partial charge in [0.1, 0.15) is 0 Å². The topological polar surface area (TPSA) is 101 Å². The first-order valence-electron chi connectivity index (χ1n) is 4.34. The number of rotatable bonds is 6. The van der Waals surface area contributed by atoms with Crippen LogP contribution in [0.5, 0.6) is 0 Å². The predicted molar refractivity (Wildman–Crippen MR) is 58.2 cm³/mol. The lowest BCUT2D eigenvalue weighted by Crippen LogP contribution is -2.41. The van der Waals surface area contributed by atoms with Gasteiger partial charge < -0.3 is 16.4 Å². The number of nitrogens with one attached hydrogen (secondary N) is 2. The van der Waals surface area contributed by atoms with Gasteiger partial charge >= 0.3 is 0 Å². The molecule has 4 N–H and O–H groups in total. The van der Waals surface area contributed by atoms with Gasteiger partial charge in [0.05, 0.1) is 12.6 Å². The molecule has 0 bridgehead atoms. The van der Waals surface area contributed by atoms with Gasteiger partial charge in [-0.1, -0.05) is 11.8 Å². The van der Waals surface area contributed by atoms with Crippen LogP contribution in [0.4, 0.5) is 0 Å². The average molecular weight is 233 g/mol. The Labute approximate surface area is 92.3 Å².